The third-order valence-corrected chi connectivity index (χ3v) is 15.6. The Balaban J connectivity index is 0.991. The fourth-order valence-electron chi connectivity index (χ4n) is 9.24. The first-order chi connectivity index (χ1) is 30.6. The Morgan fingerprint density at radius 1 is 0.323 bits per heavy atom. The van der Waals surface area contributed by atoms with Crippen molar-refractivity contribution >= 4 is 23.1 Å². The molecule has 0 amide bonds. The van der Waals surface area contributed by atoms with E-state index in [-0.39, 0.29) is 5.41 Å². The van der Waals surface area contributed by atoms with Crippen molar-refractivity contribution in [3.8, 4) is 56.4 Å². The number of benzene rings is 8. The van der Waals surface area contributed by atoms with Crippen molar-refractivity contribution in [3.05, 3.63) is 230 Å². The zero-order chi connectivity index (χ0) is 41.8. The Labute approximate surface area is 364 Å². The molecule has 0 atom stereocenters. The Morgan fingerprint density at radius 3 is 1.31 bits per heavy atom. The molecule has 1 aromatic heterocycles. The molecule has 5 heteroatoms. The molecule has 300 valence electrons. The van der Waals surface area contributed by atoms with Crippen molar-refractivity contribution < 1.29 is 4.57 Å². The molecule has 1 heterocycles. The molecule has 62 heavy (non-hydrogen) atoms. The molecule has 4 nitrogen and oxygen atoms in total. The molecular weight excluding hydrogens is 774 g/mol. The number of hydrogen-bond acceptors (Lipinski definition) is 4. The third kappa shape index (κ3) is 7.64. The topological polar surface area (TPSA) is 55.7 Å². The first-order valence-corrected chi connectivity index (χ1v) is 23.3. The van der Waals surface area contributed by atoms with Crippen molar-refractivity contribution in [2.75, 3.05) is 0 Å². The highest BCUT2D eigenvalue weighted by molar-refractivity contribution is 7.85. The molecule has 10 rings (SSSR count). The second kappa shape index (κ2) is 17.2. The molecule has 1 saturated carbocycles. The van der Waals surface area contributed by atoms with Crippen LogP contribution in [-0.4, -0.2) is 15.0 Å². The standard InChI is InChI=1S/C57H46N3OP/c61-62(51-26-10-3-11-27-51,52-28-12-4-13-29-52)53-36-32-43(33-37-53)47-23-17-25-50(41-47)57(38-14-5-15-39-57)49-34-30-45(31-35-49)55-58-54(44-20-8-2-9-21-44)59-56(60-55)48-24-16-22-46(40-48)42-18-6-1-7-19-42/h1-4,6-13,16-37,40-41H,5,14-15,38-39H2. The molecular formula is C57H46N3OP. The van der Waals surface area contributed by atoms with E-state index in [1.54, 1.807) is 0 Å². The average molecular weight is 820 g/mol. The van der Waals surface area contributed by atoms with E-state index < -0.39 is 7.14 Å². The Morgan fingerprint density at radius 2 is 0.726 bits per heavy atom. The summed E-state index contributed by atoms with van der Waals surface area (Å²) in [6.07, 6.45) is 5.75. The van der Waals surface area contributed by atoms with Crippen LogP contribution in [-0.2, 0) is 9.98 Å². The molecule has 9 aromatic rings. The lowest BCUT2D eigenvalue weighted by Crippen LogP contribution is -2.30. The molecule has 0 bridgehead atoms. The summed E-state index contributed by atoms with van der Waals surface area (Å²) in [4.78, 5) is 15.2. The zero-order valence-electron chi connectivity index (χ0n) is 34.5. The molecule has 0 aliphatic heterocycles. The first kappa shape index (κ1) is 39.2. The van der Waals surface area contributed by atoms with Crippen molar-refractivity contribution in [2.24, 2.45) is 0 Å². The van der Waals surface area contributed by atoms with E-state index >= 15 is 4.57 Å². The van der Waals surface area contributed by atoms with Gasteiger partial charge >= 0.3 is 0 Å². The minimum Gasteiger partial charge on any atom is -0.309 e. The lowest BCUT2D eigenvalue weighted by Gasteiger charge is -2.39. The summed E-state index contributed by atoms with van der Waals surface area (Å²) >= 11 is 0. The van der Waals surface area contributed by atoms with Gasteiger partial charge in [-0.1, -0.05) is 232 Å². The van der Waals surface area contributed by atoms with E-state index in [0.29, 0.717) is 17.5 Å². The van der Waals surface area contributed by atoms with Crippen LogP contribution in [0.2, 0.25) is 0 Å². The quantitative estimate of drug-likeness (QED) is 0.129. The molecule has 0 radical (unpaired) electrons. The van der Waals surface area contributed by atoms with Crippen LogP contribution in [0.15, 0.2) is 218 Å². The summed E-state index contributed by atoms with van der Waals surface area (Å²) in [6, 6.07) is 75.3. The molecule has 0 saturated heterocycles. The van der Waals surface area contributed by atoms with Gasteiger partial charge in [-0.3, -0.25) is 0 Å². The molecule has 0 unspecified atom stereocenters. The van der Waals surface area contributed by atoms with E-state index in [1.807, 2.05) is 84.9 Å². The monoisotopic (exact) mass is 819 g/mol. The zero-order valence-corrected chi connectivity index (χ0v) is 35.4. The number of aromatic nitrogens is 3. The van der Waals surface area contributed by atoms with Gasteiger partial charge in [0.1, 0.15) is 0 Å². The number of rotatable bonds is 10. The van der Waals surface area contributed by atoms with Gasteiger partial charge in [0.05, 0.1) is 0 Å². The predicted octanol–water partition coefficient (Wildman–Crippen LogP) is 13.1. The number of nitrogens with zero attached hydrogens (tertiary/aromatic N) is 3. The van der Waals surface area contributed by atoms with Crippen LogP contribution in [0, 0.1) is 0 Å². The smallest absolute Gasteiger partial charge is 0.171 e. The Bertz CT molecular complexity index is 2940. The average Bonchev–Trinajstić information content (AvgIpc) is 3.37. The lowest BCUT2D eigenvalue weighted by atomic mass is 9.65. The molecule has 1 aliphatic carbocycles. The summed E-state index contributed by atoms with van der Waals surface area (Å²) in [6.45, 7) is 0. The van der Waals surface area contributed by atoms with Gasteiger partial charge in [0, 0.05) is 38.0 Å². The molecule has 8 aromatic carbocycles. The molecule has 0 spiro atoms. The van der Waals surface area contributed by atoms with Gasteiger partial charge in [-0.15, -0.1) is 0 Å². The van der Waals surface area contributed by atoms with E-state index in [0.717, 1.165) is 67.7 Å². The van der Waals surface area contributed by atoms with Gasteiger partial charge in [0.15, 0.2) is 24.6 Å². The Kier molecular flexibility index (Phi) is 10.8. The van der Waals surface area contributed by atoms with Crippen LogP contribution in [0.5, 0.6) is 0 Å². The first-order valence-electron chi connectivity index (χ1n) is 21.6. The highest BCUT2D eigenvalue weighted by Gasteiger charge is 2.36. The maximum Gasteiger partial charge on any atom is 0.171 e. The van der Waals surface area contributed by atoms with Gasteiger partial charge in [0.2, 0.25) is 0 Å². The van der Waals surface area contributed by atoms with Crippen molar-refractivity contribution in [3.63, 3.8) is 0 Å². The fraction of sp³-hybridized carbons (Fsp3) is 0.105. The molecule has 0 N–H and O–H groups in total. The van der Waals surface area contributed by atoms with E-state index in [1.165, 1.54) is 30.4 Å². The SMILES string of the molecule is O=P(c1ccccc1)(c1ccccc1)c1ccc(-c2cccc(C3(c4ccc(-c5nc(-c6ccccc6)nc(-c6cccc(-c7ccccc7)c6)n5)cc4)CCCCC3)c2)cc1. The highest BCUT2D eigenvalue weighted by atomic mass is 31.2. The third-order valence-electron chi connectivity index (χ3n) is 12.5. The summed E-state index contributed by atoms with van der Waals surface area (Å²) in [5.41, 5.74) is 9.91. The number of hydrogen-bond donors (Lipinski definition) is 0. The molecule has 1 fully saturated rings. The van der Waals surface area contributed by atoms with Crippen LogP contribution >= 0.6 is 7.14 Å². The largest absolute Gasteiger partial charge is 0.309 e. The van der Waals surface area contributed by atoms with Crippen LogP contribution in [0.3, 0.4) is 0 Å². The normalized spacial score (nSPS) is 13.7. The Hall–Kier alpha value is -7.00. The fourth-order valence-corrected chi connectivity index (χ4v) is 11.9. The van der Waals surface area contributed by atoms with Crippen LogP contribution in [0.4, 0.5) is 0 Å². The van der Waals surface area contributed by atoms with Gasteiger partial charge in [-0.2, -0.15) is 0 Å². The lowest BCUT2D eigenvalue weighted by molar-refractivity contribution is 0.346. The van der Waals surface area contributed by atoms with Gasteiger partial charge in [0.25, 0.3) is 0 Å². The molecule has 1 aliphatic rings. The maximum absolute atomic E-state index is 15.1. The van der Waals surface area contributed by atoms with Gasteiger partial charge < -0.3 is 4.57 Å². The summed E-state index contributed by atoms with van der Waals surface area (Å²) in [5.74, 6) is 1.95. The van der Waals surface area contributed by atoms with Crippen LogP contribution in [0.1, 0.15) is 43.2 Å². The minimum atomic E-state index is -3.06. The second-order valence-electron chi connectivity index (χ2n) is 16.2. The van der Waals surface area contributed by atoms with Gasteiger partial charge in [-0.05, 0) is 52.3 Å². The maximum atomic E-state index is 15.1. The van der Waals surface area contributed by atoms with Crippen LogP contribution < -0.4 is 15.9 Å². The predicted molar refractivity (Wildman–Crippen MR) is 257 cm³/mol. The summed E-state index contributed by atoms with van der Waals surface area (Å²) in [5, 5.41) is 2.51. The van der Waals surface area contributed by atoms with E-state index in [2.05, 4.69) is 133 Å². The summed E-state index contributed by atoms with van der Waals surface area (Å²) in [7, 11) is -3.06. The van der Waals surface area contributed by atoms with E-state index in [9.17, 15) is 0 Å². The summed E-state index contributed by atoms with van der Waals surface area (Å²) < 4.78 is 15.1. The van der Waals surface area contributed by atoms with Crippen LogP contribution in [0.25, 0.3) is 56.4 Å². The van der Waals surface area contributed by atoms with Crippen molar-refractivity contribution in [2.45, 2.75) is 37.5 Å². The van der Waals surface area contributed by atoms with Crippen molar-refractivity contribution in [1.82, 2.24) is 15.0 Å². The van der Waals surface area contributed by atoms with E-state index in [4.69, 9.17) is 15.0 Å². The second-order valence-corrected chi connectivity index (χ2v) is 19.0. The minimum absolute atomic E-state index is 0.125. The highest BCUT2D eigenvalue weighted by Crippen LogP contribution is 2.47. The van der Waals surface area contributed by atoms with Crippen molar-refractivity contribution in [1.29, 1.82) is 0 Å². The van der Waals surface area contributed by atoms with Gasteiger partial charge in [-0.25, -0.2) is 15.0 Å².